The summed E-state index contributed by atoms with van der Waals surface area (Å²) in [6, 6.07) is 14.9. The van der Waals surface area contributed by atoms with E-state index in [1.807, 2.05) is 25.3 Å². The molecule has 0 unspecified atom stereocenters. The van der Waals surface area contributed by atoms with Crippen molar-refractivity contribution in [3.05, 3.63) is 69.8 Å². The molecule has 2 spiro atoms. The van der Waals surface area contributed by atoms with Crippen molar-refractivity contribution in [2.24, 2.45) is 22.1 Å². The Kier molecular flexibility index (Phi) is 4.26. The average Bonchev–Trinajstić information content (AvgIpc) is 3.56. The smallest absolute Gasteiger partial charge is 0.127 e. The number of rotatable bonds is 1. The molecule has 1 atom stereocenters. The van der Waals surface area contributed by atoms with Gasteiger partial charge in [-0.1, -0.05) is 17.9 Å². The molecule has 0 saturated heterocycles. The third-order valence-corrected chi connectivity index (χ3v) is 8.12. The average molecular weight is 422 g/mol. The summed E-state index contributed by atoms with van der Waals surface area (Å²) in [5.74, 6) is 7.95. The van der Waals surface area contributed by atoms with Crippen LogP contribution < -0.4 is 5.73 Å². The molecule has 3 aliphatic carbocycles. The van der Waals surface area contributed by atoms with Crippen molar-refractivity contribution in [3.8, 4) is 17.9 Å². The molecule has 1 aliphatic heterocycles. The van der Waals surface area contributed by atoms with Gasteiger partial charge in [0.05, 0.1) is 17.7 Å². The lowest BCUT2D eigenvalue weighted by molar-refractivity contribution is 0.00684. The minimum atomic E-state index is -0.551. The summed E-state index contributed by atoms with van der Waals surface area (Å²) in [6.45, 7) is 0. The van der Waals surface area contributed by atoms with E-state index >= 15 is 0 Å². The van der Waals surface area contributed by atoms with Crippen molar-refractivity contribution in [2.75, 3.05) is 7.11 Å². The Bertz CT molecular complexity index is 1250. The molecular formula is C28H27N3O. The van der Waals surface area contributed by atoms with Crippen molar-refractivity contribution < 1.29 is 4.74 Å². The van der Waals surface area contributed by atoms with Crippen LogP contribution in [0.4, 0.5) is 0 Å². The summed E-state index contributed by atoms with van der Waals surface area (Å²) in [5.41, 5.74) is 12.3. The number of nitriles is 1. The second-order valence-corrected chi connectivity index (χ2v) is 9.89. The standard InChI is InChI=1S/C28H27N3O/c1-32-22-10-12-27(13-11-22)16-21-8-6-19(5-4-18-2-3-18)14-24(21)28(27)25-15-20(17-29)7-9-23(25)26(30)31-28/h6-9,14-15,18,22H,2-3,10-13,16H2,1H3,(H2,30,31)/t22?,27?,28-/m0/s1. The predicted octanol–water partition coefficient (Wildman–Crippen LogP) is 4.41. The largest absolute Gasteiger partial charge is 0.383 e. The molecule has 32 heavy (non-hydrogen) atoms. The van der Waals surface area contributed by atoms with Gasteiger partial charge in [0, 0.05) is 29.6 Å². The monoisotopic (exact) mass is 421 g/mol. The van der Waals surface area contributed by atoms with E-state index in [4.69, 9.17) is 15.5 Å². The van der Waals surface area contributed by atoms with Crippen LogP contribution in [0.25, 0.3) is 0 Å². The van der Waals surface area contributed by atoms with E-state index in [1.54, 1.807) is 0 Å². The first kappa shape index (κ1) is 19.6. The number of benzene rings is 2. The third-order valence-electron chi connectivity index (χ3n) is 8.12. The van der Waals surface area contributed by atoms with Crippen molar-refractivity contribution in [3.63, 3.8) is 0 Å². The Morgan fingerprint density at radius 1 is 1.03 bits per heavy atom. The zero-order valence-electron chi connectivity index (χ0n) is 18.4. The zero-order chi connectivity index (χ0) is 21.9. The van der Waals surface area contributed by atoms with Gasteiger partial charge in [0.25, 0.3) is 0 Å². The van der Waals surface area contributed by atoms with E-state index in [9.17, 15) is 5.26 Å². The van der Waals surface area contributed by atoms with E-state index in [1.165, 1.54) is 24.0 Å². The second-order valence-electron chi connectivity index (χ2n) is 9.89. The highest BCUT2D eigenvalue weighted by Gasteiger charge is 2.62. The topological polar surface area (TPSA) is 71.4 Å². The summed E-state index contributed by atoms with van der Waals surface area (Å²) in [4.78, 5) is 5.28. The highest BCUT2D eigenvalue weighted by atomic mass is 16.5. The van der Waals surface area contributed by atoms with Crippen molar-refractivity contribution in [1.29, 1.82) is 5.26 Å². The van der Waals surface area contributed by atoms with Gasteiger partial charge in [-0.15, -0.1) is 0 Å². The van der Waals surface area contributed by atoms with Crippen LogP contribution in [-0.2, 0) is 16.7 Å². The number of amidine groups is 1. The lowest BCUT2D eigenvalue weighted by atomic mass is 9.59. The molecule has 4 aliphatic rings. The Morgan fingerprint density at radius 2 is 1.78 bits per heavy atom. The van der Waals surface area contributed by atoms with Crippen molar-refractivity contribution in [1.82, 2.24) is 0 Å². The summed E-state index contributed by atoms with van der Waals surface area (Å²) in [7, 11) is 1.81. The zero-order valence-corrected chi connectivity index (χ0v) is 18.4. The predicted molar refractivity (Wildman–Crippen MR) is 124 cm³/mol. The highest BCUT2D eigenvalue weighted by Crippen LogP contribution is 2.64. The Morgan fingerprint density at radius 3 is 2.50 bits per heavy atom. The Balaban J connectivity index is 1.57. The molecule has 1 heterocycles. The number of fused-ring (bicyclic) bond motifs is 5. The molecule has 4 heteroatoms. The first-order valence-corrected chi connectivity index (χ1v) is 11.7. The first-order valence-electron chi connectivity index (χ1n) is 11.7. The quantitative estimate of drug-likeness (QED) is 0.693. The van der Waals surface area contributed by atoms with Gasteiger partial charge in [-0.05, 0) is 92.0 Å². The third kappa shape index (κ3) is 2.70. The molecule has 160 valence electrons. The van der Waals surface area contributed by atoms with Crippen LogP contribution in [0.5, 0.6) is 0 Å². The molecule has 0 aromatic heterocycles. The van der Waals surface area contributed by atoms with E-state index in [0.717, 1.165) is 48.8 Å². The van der Waals surface area contributed by atoms with Crippen molar-refractivity contribution in [2.45, 2.75) is 56.6 Å². The fourth-order valence-electron chi connectivity index (χ4n) is 6.30. The number of ether oxygens (including phenoxy) is 1. The number of hydrogen-bond donors (Lipinski definition) is 1. The van der Waals surface area contributed by atoms with Gasteiger partial charge in [0.2, 0.25) is 0 Å². The molecule has 2 aromatic carbocycles. The molecule has 0 radical (unpaired) electrons. The van der Waals surface area contributed by atoms with E-state index in [-0.39, 0.29) is 5.41 Å². The number of nitrogens with two attached hydrogens (primary N) is 1. The van der Waals surface area contributed by atoms with Crippen LogP contribution in [0.2, 0.25) is 0 Å². The van der Waals surface area contributed by atoms with Gasteiger partial charge >= 0.3 is 0 Å². The Hall–Kier alpha value is -3.08. The van der Waals surface area contributed by atoms with Gasteiger partial charge in [0.15, 0.2) is 0 Å². The van der Waals surface area contributed by atoms with Gasteiger partial charge < -0.3 is 10.5 Å². The maximum atomic E-state index is 9.65. The van der Waals surface area contributed by atoms with Crippen LogP contribution in [0.15, 0.2) is 41.4 Å². The number of aliphatic imine (C=N–C) groups is 1. The summed E-state index contributed by atoms with van der Waals surface area (Å²) >= 11 is 0. The molecule has 2 aromatic rings. The minimum Gasteiger partial charge on any atom is -0.383 e. The lowest BCUT2D eigenvalue weighted by Crippen LogP contribution is -2.45. The molecule has 6 rings (SSSR count). The molecular weight excluding hydrogens is 394 g/mol. The summed E-state index contributed by atoms with van der Waals surface area (Å²) in [6.07, 6.45) is 7.79. The fraction of sp³-hybridized carbons (Fsp3) is 0.429. The van der Waals surface area contributed by atoms with Gasteiger partial charge in [0.1, 0.15) is 11.4 Å². The van der Waals surface area contributed by atoms with Gasteiger partial charge in [-0.3, -0.25) is 4.99 Å². The molecule has 0 amide bonds. The SMILES string of the molecule is COC1CCC2(CC1)Cc1ccc(C#CC3CC3)cc1[C@@]21N=C(N)c2ccc(C#N)cc21. The minimum absolute atomic E-state index is 0.0587. The molecule has 2 N–H and O–H groups in total. The molecule has 2 saturated carbocycles. The van der Waals surface area contributed by atoms with Crippen LogP contribution in [0, 0.1) is 34.5 Å². The normalized spacial score (nSPS) is 29.8. The van der Waals surface area contributed by atoms with E-state index < -0.39 is 5.54 Å². The van der Waals surface area contributed by atoms with Crippen LogP contribution >= 0.6 is 0 Å². The fourth-order valence-corrected chi connectivity index (χ4v) is 6.30. The number of hydrogen-bond acceptors (Lipinski definition) is 4. The maximum Gasteiger partial charge on any atom is 0.127 e. The van der Waals surface area contributed by atoms with Crippen LogP contribution in [0.1, 0.15) is 71.9 Å². The van der Waals surface area contributed by atoms with E-state index in [0.29, 0.717) is 23.4 Å². The molecule has 4 nitrogen and oxygen atoms in total. The van der Waals surface area contributed by atoms with E-state index in [2.05, 4.69) is 36.1 Å². The highest BCUT2D eigenvalue weighted by molar-refractivity contribution is 6.03. The molecule has 0 bridgehead atoms. The summed E-state index contributed by atoms with van der Waals surface area (Å²) < 4.78 is 5.71. The van der Waals surface area contributed by atoms with Crippen LogP contribution in [0.3, 0.4) is 0 Å². The molecule has 2 fully saturated rings. The number of methoxy groups -OCH3 is 1. The summed E-state index contributed by atoms with van der Waals surface area (Å²) in [5, 5.41) is 9.65. The van der Waals surface area contributed by atoms with Crippen LogP contribution in [-0.4, -0.2) is 19.0 Å². The maximum absolute atomic E-state index is 9.65. The second kappa shape index (κ2) is 6.96. The first-order chi connectivity index (χ1) is 15.6. The Labute approximate surface area is 189 Å². The van der Waals surface area contributed by atoms with Crippen molar-refractivity contribution >= 4 is 5.84 Å². The number of nitrogens with zero attached hydrogens (tertiary/aromatic N) is 2. The lowest BCUT2D eigenvalue weighted by Gasteiger charge is -2.47. The van der Waals surface area contributed by atoms with Gasteiger partial charge in [-0.2, -0.15) is 5.26 Å². The van der Waals surface area contributed by atoms with Gasteiger partial charge in [-0.25, -0.2) is 0 Å².